The first kappa shape index (κ1) is 15.6. The van der Waals surface area contributed by atoms with Crippen molar-refractivity contribution in [3.8, 4) is 0 Å². The van der Waals surface area contributed by atoms with Crippen LogP contribution in [-0.2, 0) is 0 Å². The number of carbonyl (C=O) groups is 1. The highest BCUT2D eigenvalue weighted by molar-refractivity contribution is 6.00. The Morgan fingerprint density at radius 3 is 2.35 bits per heavy atom. The van der Waals surface area contributed by atoms with Gasteiger partial charge in [0.15, 0.2) is 0 Å². The topological polar surface area (TPSA) is 43.8 Å². The molecule has 0 spiro atoms. The normalized spacial score (nSPS) is 15.5. The van der Waals surface area contributed by atoms with E-state index in [1.165, 1.54) is 0 Å². The Balaban J connectivity index is 1.87. The Morgan fingerprint density at radius 2 is 1.65 bits per heavy atom. The predicted molar refractivity (Wildman–Crippen MR) is 92.1 cm³/mol. The molecule has 0 radical (unpaired) electrons. The van der Waals surface area contributed by atoms with Gasteiger partial charge < -0.3 is 14.9 Å². The molecule has 1 saturated heterocycles. The minimum atomic E-state index is -0.277. The third-order valence-electron chi connectivity index (χ3n) is 4.39. The van der Waals surface area contributed by atoms with Gasteiger partial charge in [-0.3, -0.25) is 4.79 Å². The maximum atomic E-state index is 12.9. The zero-order chi connectivity index (χ0) is 16.2. The van der Waals surface area contributed by atoms with Gasteiger partial charge in [0, 0.05) is 25.8 Å². The fraction of sp³-hybridized carbons (Fsp3) is 0.316. The first-order valence-corrected chi connectivity index (χ1v) is 8.02. The molecule has 0 bridgehead atoms. The molecule has 120 valence electrons. The monoisotopic (exact) mass is 310 g/mol. The highest BCUT2D eigenvalue weighted by Crippen LogP contribution is 2.28. The molecule has 2 aromatic rings. The Bertz CT molecular complexity index is 664. The molecule has 3 rings (SSSR count). The number of amides is 1. The number of anilines is 2. The van der Waals surface area contributed by atoms with Crippen molar-refractivity contribution in [2.45, 2.75) is 18.9 Å². The van der Waals surface area contributed by atoms with E-state index in [9.17, 15) is 9.90 Å². The van der Waals surface area contributed by atoms with Gasteiger partial charge in [0.25, 0.3) is 5.91 Å². The Kier molecular flexibility index (Phi) is 4.63. The van der Waals surface area contributed by atoms with Crippen LogP contribution in [0, 0.1) is 0 Å². The Labute approximate surface area is 137 Å². The number of hydrogen-bond donors (Lipinski definition) is 1. The maximum Gasteiger partial charge on any atom is 0.255 e. The predicted octanol–water partition coefficient (Wildman–Crippen LogP) is 3.05. The third-order valence-corrected chi connectivity index (χ3v) is 4.39. The highest BCUT2D eigenvalue weighted by Gasteiger charge is 2.24. The molecule has 4 nitrogen and oxygen atoms in total. The number of benzene rings is 2. The lowest BCUT2D eigenvalue weighted by Crippen LogP contribution is -2.40. The van der Waals surface area contributed by atoms with Crippen LogP contribution in [0.2, 0.25) is 0 Å². The third kappa shape index (κ3) is 3.37. The van der Waals surface area contributed by atoms with Crippen molar-refractivity contribution in [3.63, 3.8) is 0 Å². The molecule has 0 aliphatic carbocycles. The number of para-hydroxylation sites is 2. The molecule has 1 aliphatic heterocycles. The van der Waals surface area contributed by atoms with E-state index in [-0.39, 0.29) is 12.0 Å². The van der Waals surface area contributed by atoms with Crippen molar-refractivity contribution < 1.29 is 9.90 Å². The van der Waals surface area contributed by atoms with Crippen LogP contribution in [0.25, 0.3) is 0 Å². The lowest BCUT2D eigenvalue weighted by atomic mass is 10.1. The largest absolute Gasteiger partial charge is 0.393 e. The number of nitrogens with zero attached hydrogens (tertiary/aromatic N) is 2. The van der Waals surface area contributed by atoms with Gasteiger partial charge in [0.2, 0.25) is 0 Å². The van der Waals surface area contributed by atoms with E-state index in [0.717, 1.165) is 11.4 Å². The summed E-state index contributed by atoms with van der Waals surface area (Å²) in [6.45, 7) is 1.23. The summed E-state index contributed by atoms with van der Waals surface area (Å²) in [4.78, 5) is 16.8. The van der Waals surface area contributed by atoms with Gasteiger partial charge in [-0.1, -0.05) is 30.3 Å². The molecule has 0 atom stereocenters. The number of aliphatic hydroxyl groups is 1. The van der Waals surface area contributed by atoms with Crippen LogP contribution in [-0.4, -0.2) is 42.2 Å². The van der Waals surface area contributed by atoms with Crippen LogP contribution >= 0.6 is 0 Å². The molecule has 1 N–H and O–H groups in total. The van der Waals surface area contributed by atoms with E-state index < -0.39 is 0 Å². The molecule has 2 aromatic carbocycles. The number of hydrogen-bond acceptors (Lipinski definition) is 3. The number of piperidine rings is 1. The minimum absolute atomic E-state index is 0.0373. The van der Waals surface area contributed by atoms with E-state index >= 15 is 0 Å². The molecular formula is C19H22N2O2. The SMILES string of the molecule is CN(c1ccccc1)c1ccccc1C(=O)N1CCC(O)CC1. The Hall–Kier alpha value is -2.33. The highest BCUT2D eigenvalue weighted by atomic mass is 16.3. The van der Waals surface area contributed by atoms with E-state index in [0.29, 0.717) is 31.5 Å². The first-order chi connectivity index (χ1) is 11.2. The van der Waals surface area contributed by atoms with E-state index in [1.807, 2.05) is 71.4 Å². The summed E-state index contributed by atoms with van der Waals surface area (Å²) in [6, 6.07) is 17.7. The summed E-state index contributed by atoms with van der Waals surface area (Å²) >= 11 is 0. The molecule has 1 fully saturated rings. The van der Waals surface area contributed by atoms with E-state index in [1.54, 1.807) is 0 Å². The zero-order valence-corrected chi connectivity index (χ0v) is 13.4. The summed E-state index contributed by atoms with van der Waals surface area (Å²) in [6.07, 6.45) is 1.03. The molecular weight excluding hydrogens is 288 g/mol. The van der Waals surface area contributed by atoms with Crippen LogP contribution in [0.3, 0.4) is 0 Å². The molecule has 23 heavy (non-hydrogen) atoms. The molecule has 1 amide bonds. The minimum Gasteiger partial charge on any atom is -0.393 e. The molecule has 0 unspecified atom stereocenters. The smallest absolute Gasteiger partial charge is 0.255 e. The van der Waals surface area contributed by atoms with Gasteiger partial charge in [0.1, 0.15) is 0 Å². The van der Waals surface area contributed by atoms with Crippen LogP contribution < -0.4 is 4.90 Å². The van der Waals surface area contributed by atoms with Crippen molar-refractivity contribution in [1.82, 2.24) is 4.90 Å². The molecule has 0 aromatic heterocycles. The van der Waals surface area contributed by atoms with E-state index in [4.69, 9.17) is 0 Å². The lowest BCUT2D eigenvalue weighted by molar-refractivity contribution is 0.0547. The van der Waals surface area contributed by atoms with Crippen LogP contribution in [0.4, 0.5) is 11.4 Å². The molecule has 4 heteroatoms. The number of likely N-dealkylation sites (tertiary alicyclic amines) is 1. The van der Waals surface area contributed by atoms with Crippen LogP contribution in [0.5, 0.6) is 0 Å². The van der Waals surface area contributed by atoms with Gasteiger partial charge in [-0.2, -0.15) is 0 Å². The number of carbonyl (C=O) groups excluding carboxylic acids is 1. The van der Waals surface area contributed by atoms with Crippen molar-refractivity contribution in [1.29, 1.82) is 0 Å². The van der Waals surface area contributed by atoms with Crippen molar-refractivity contribution in [2.24, 2.45) is 0 Å². The number of aliphatic hydroxyl groups excluding tert-OH is 1. The van der Waals surface area contributed by atoms with Gasteiger partial charge in [-0.05, 0) is 37.1 Å². The number of rotatable bonds is 3. The molecule has 1 heterocycles. The molecule has 1 aliphatic rings. The van der Waals surface area contributed by atoms with Crippen molar-refractivity contribution >= 4 is 17.3 Å². The van der Waals surface area contributed by atoms with Gasteiger partial charge in [0.05, 0.1) is 17.4 Å². The zero-order valence-electron chi connectivity index (χ0n) is 13.4. The first-order valence-electron chi connectivity index (χ1n) is 8.02. The van der Waals surface area contributed by atoms with Crippen molar-refractivity contribution in [2.75, 3.05) is 25.0 Å². The fourth-order valence-electron chi connectivity index (χ4n) is 2.98. The van der Waals surface area contributed by atoms with Crippen molar-refractivity contribution in [3.05, 3.63) is 60.2 Å². The maximum absolute atomic E-state index is 12.9. The summed E-state index contributed by atoms with van der Waals surface area (Å²) < 4.78 is 0. The van der Waals surface area contributed by atoms with Gasteiger partial charge >= 0.3 is 0 Å². The second-order valence-electron chi connectivity index (χ2n) is 5.94. The average molecular weight is 310 g/mol. The Morgan fingerprint density at radius 1 is 1.04 bits per heavy atom. The summed E-state index contributed by atoms with van der Waals surface area (Å²) in [5, 5.41) is 9.62. The standard InChI is InChI=1S/C19H22N2O2/c1-20(15-7-3-2-4-8-15)18-10-6-5-9-17(18)19(23)21-13-11-16(22)12-14-21/h2-10,16,22H,11-14H2,1H3. The van der Waals surface area contributed by atoms with Gasteiger partial charge in [-0.25, -0.2) is 0 Å². The fourth-order valence-corrected chi connectivity index (χ4v) is 2.98. The second-order valence-corrected chi connectivity index (χ2v) is 5.94. The second kappa shape index (κ2) is 6.84. The lowest BCUT2D eigenvalue weighted by Gasteiger charge is -2.31. The van der Waals surface area contributed by atoms with E-state index in [2.05, 4.69) is 0 Å². The summed E-state index contributed by atoms with van der Waals surface area (Å²) in [5.74, 6) is 0.0373. The van der Waals surface area contributed by atoms with Crippen LogP contribution in [0.15, 0.2) is 54.6 Å². The quantitative estimate of drug-likeness (QED) is 0.947. The average Bonchev–Trinajstić information content (AvgIpc) is 2.62. The summed E-state index contributed by atoms with van der Waals surface area (Å²) in [7, 11) is 1.97. The molecule has 0 saturated carbocycles. The van der Waals surface area contributed by atoms with Gasteiger partial charge in [-0.15, -0.1) is 0 Å². The summed E-state index contributed by atoms with van der Waals surface area (Å²) in [5.41, 5.74) is 2.65. The van der Waals surface area contributed by atoms with Crippen LogP contribution in [0.1, 0.15) is 23.2 Å².